The Kier molecular flexibility index (Phi) is 7.07. The van der Waals surface area contributed by atoms with Crippen molar-refractivity contribution in [2.45, 2.75) is 19.3 Å². The van der Waals surface area contributed by atoms with Crippen molar-refractivity contribution in [3.8, 4) is 5.75 Å². The highest BCUT2D eigenvalue weighted by Gasteiger charge is 2.19. The van der Waals surface area contributed by atoms with E-state index in [9.17, 15) is 9.18 Å². The lowest BCUT2D eigenvalue weighted by molar-refractivity contribution is 0.207. The fourth-order valence-electron chi connectivity index (χ4n) is 3.57. The molecule has 0 spiro atoms. The van der Waals surface area contributed by atoms with Gasteiger partial charge >= 0.3 is 6.03 Å². The van der Waals surface area contributed by atoms with Crippen LogP contribution < -0.4 is 10.1 Å². The summed E-state index contributed by atoms with van der Waals surface area (Å²) in [5.74, 6) is 1.03. The highest BCUT2D eigenvalue weighted by Crippen LogP contribution is 2.22. The predicted molar refractivity (Wildman–Crippen MR) is 122 cm³/mol. The lowest BCUT2D eigenvalue weighted by Gasteiger charge is -2.28. The molecule has 2 amide bonds. The number of nitrogens with zero attached hydrogens (tertiary/aromatic N) is 3. The zero-order chi connectivity index (χ0) is 22.2. The van der Waals surface area contributed by atoms with Crippen molar-refractivity contribution in [1.29, 1.82) is 0 Å². The average molecular weight is 432 g/mol. The van der Waals surface area contributed by atoms with E-state index in [4.69, 9.17) is 4.74 Å². The van der Waals surface area contributed by atoms with E-state index in [0.29, 0.717) is 25.5 Å². The molecule has 1 aliphatic rings. The van der Waals surface area contributed by atoms with Gasteiger partial charge in [-0.1, -0.05) is 35.9 Å². The maximum Gasteiger partial charge on any atom is 0.323 e. The molecule has 0 radical (unpaired) electrons. The fourth-order valence-corrected chi connectivity index (χ4v) is 3.57. The molecule has 164 valence electrons. The molecule has 4 rings (SSSR count). The number of hydrogen-bond donors (Lipinski definition) is 1. The zero-order valence-electron chi connectivity index (χ0n) is 17.7. The first-order valence-electron chi connectivity index (χ1n) is 10.7. The zero-order valence-corrected chi connectivity index (χ0v) is 17.7. The Labute approximate surface area is 186 Å². The number of carbonyl (C=O) groups excluding carboxylic acids is 1. The summed E-state index contributed by atoms with van der Waals surface area (Å²) in [6.45, 7) is 1.85. The van der Waals surface area contributed by atoms with E-state index in [2.05, 4.69) is 21.6 Å². The summed E-state index contributed by atoms with van der Waals surface area (Å²) in [6.07, 6.45) is 6.11. The molecule has 1 aliphatic heterocycles. The van der Waals surface area contributed by atoms with Crippen LogP contribution in [-0.4, -0.2) is 40.8 Å². The molecule has 0 unspecified atom stereocenters. The molecule has 7 heteroatoms. The minimum atomic E-state index is -0.229. The quantitative estimate of drug-likeness (QED) is 0.599. The third-order valence-electron chi connectivity index (χ3n) is 5.30. The van der Waals surface area contributed by atoms with E-state index in [1.165, 1.54) is 17.7 Å². The van der Waals surface area contributed by atoms with Crippen molar-refractivity contribution < 1.29 is 13.9 Å². The maximum absolute atomic E-state index is 13.0. The van der Waals surface area contributed by atoms with Gasteiger partial charge in [0.05, 0.1) is 6.61 Å². The maximum atomic E-state index is 13.0. The number of amides is 2. The summed E-state index contributed by atoms with van der Waals surface area (Å²) < 4.78 is 18.9. The van der Waals surface area contributed by atoms with E-state index in [0.717, 1.165) is 36.1 Å². The van der Waals surface area contributed by atoms with Gasteiger partial charge in [-0.25, -0.2) is 9.18 Å². The normalized spacial score (nSPS) is 13.5. The van der Waals surface area contributed by atoms with Gasteiger partial charge < -0.3 is 9.64 Å². The Balaban J connectivity index is 1.27. The Hall–Kier alpha value is -3.74. The number of aromatic nitrogens is 2. The van der Waals surface area contributed by atoms with Gasteiger partial charge in [0.1, 0.15) is 11.6 Å². The molecule has 0 atom stereocenters. The molecule has 1 saturated heterocycles. The van der Waals surface area contributed by atoms with Crippen LogP contribution in [0.5, 0.6) is 5.75 Å². The van der Waals surface area contributed by atoms with Crippen molar-refractivity contribution in [2.24, 2.45) is 0 Å². The van der Waals surface area contributed by atoms with Gasteiger partial charge in [-0.05, 0) is 60.4 Å². The molecule has 1 fully saturated rings. The molecule has 1 N–H and O–H groups in total. The number of anilines is 1. The summed E-state index contributed by atoms with van der Waals surface area (Å²) in [6, 6.07) is 17.8. The summed E-state index contributed by atoms with van der Waals surface area (Å²) >= 11 is 0. The second-order valence-electron chi connectivity index (χ2n) is 7.63. The van der Waals surface area contributed by atoms with Crippen LogP contribution in [-0.2, 0) is 6.42 Å². The Morgan fingerprint density at radius 1 is 1.09 bits per heavy atom. The van der Waals surface area contributed by atoms with E-state index < -0.39 is 0 Å². The minimum absolute atomic E-state index is 0.152. The number of hydrogen-bond acceptors (Lipinski definition) is 4. The largest absolute Gasteiger partial charge is 0.493 e. The standard InChI is InChI=1S/C25H25FN4O2/c26-22-8-6-19(7-9-22)12-16-32-23-4-1-3-21(18-23)17-20-10-14-30(15-11-20)25(31)28-24-5-2-13-27-29-24/h1-9,13,17-18H,10-12,14-16H2,(H,28,29,31). The summed E-state index contributed by atoms with van der Waals surface area (Å²) in [7, 11) is 0. The van der Waals surface area contributed by atoms with Crippen LogP contribution in [0.1, 0.15) is 24.0 Å². The first kappa shape index (κ1) is 21.5. The van der Waals surface area contributed by atoms with E-state index in [1.807, 2.05) is 24.3 Å². The average Bonchev–Trinajstić information content (AvgIpc) is 2.82. The first-order valence-corrected chi connectivity index (χ1v) is 10.7. The van der Waals surface area contributed by atoms with Crippen molar-refractivity contribution in [1.82, 2.24) is 15.1 Å². The third-order valence-corrected chi connectivity index (χ3v) is 5.30. The van der Waals surface area contributed by atoms with E-state index in [-0.39, 0.29) is 11.8 Å². The van der Waals surface area contributed by atoms with Gasteiger partial charge in [0.25, 0.3) is 0 Å². The molecule has 0 bridgehead atoms. The van der Waals surface area contributed by atoms with Gasteiger partial charge in [0.2, 0.25) is 0 Å². The van der Waals surface area contributed by atoms with Gasteiger partial charge in [-0.2, -0.15) is 5.10 Å². The number of piperidine rings is 1. The van der Waals surface area contributed by atoms with Crippen LogP contribution in [0.2, 0.25) is 0 Å². The topological polar surface area (TPSA) is 67.4 Å². The number of carbonyl (C=O) groups is 1. The molecule has 2 heterocycles. The number of halogens is 1. The molecular formula is C25H25FN4O2. The highest BCUT2D eigenvalue weighted by atomic mass is 19.1. The van der Waals surface area contributed by atoms with Crippen LogP contribution in [0, 0.1) is 5.82 Å². The van der Waals surface area contributed by atoms with Crippen molar-refractivity contribution in [3.05, 3.63) is 89.4 Å². The van der Waals surface area contributed by atoms with Crippen LogP contribution in [0.3, 0.4) is 0 Å². The number of urea groups is 1. The molecule has 1 aromatic heterocycles. The lowest BCUT2D eigenvalue weighted by Crippen LogP contribution is -2.39. The number of nitrogens with one attached hydrogen (secondary N) is 1. The summed E-state index contributed by atoms with van der Waals surface area (Å²) in [4.78, 5) is 14.2. The summed E-state index contributed by atoms with van der Waals surface area (Å²) in [5.41, 5.74) is 3.42. The Morgan fingerprint density at radius 3 is 2.66 bits per heavy atom. The number of ether oxygens (including phenoxy) is 1. The van der Waals surface area contributed by atoms with Crippen LogP contribution >= 0.6 is 0 Å². The van der Waals surface area contributed by atoms with Crippen molar-refractivity contribution in [2.75, 3.05) is 25.0 Å². The Morgan fingerprint density at radius 2 is 1.91 bits per heavy atom. The molecule has 6 nitrogen and oxygen atoms in total. The number of rotatable bonds is 6. The van der Waals surface area contributed by atoms with Gasteiger partial charge in [0, 0.05) is 25.7 Å². The van der Waals surface area contributed by atoms with Crippen LogP contribution in [0.15, 0.2) is 72.4 Å². The fraction of sp³-hybridized carbons (Fsp3) is 0.240. The molecule has 32 heavy (non-hydrogen) atoms. The van der Waals surface area contributed by atoms with Crippen LogP contribution in [0.25, 0.3) is 6.08 Å². The van der Waals surface area contributed by atoms with Gasteiger partial charge in [0.15, 0.2) is 5.82 Å². The first-order chi connectivity index (χ1) is 15.7. The predicted octanol–water partition coefficient (Wildman–Crippen LogP) is 4.95. The number of likely N-dealkylation sites (tertiary alicyclic amines) is 1. The molecule has 0 aliphatic carbocycles. The van der Waals surface area contributed by atoms with Crippen molar-refractivity contribution in [3.63, 3.8) is 0 Å². The SMILES string of the molecule is O=C(Nc1cccnn1)N1CCC(=Cc2cccc(OCCc3ccc(F)cc3)c2)CC1. The number of benzene rings is 2. The lowest BCUT2D eigenvalue weighted by atomic mass is 10.0. The Bertz CT molecular complexity index is 1060. The third kappa shape index (κ3) is 6.14. The van der Waals surface area contributed by atoms with Crippen molar-refractivity contribution >= 4 is 17.9 Å². The van der Waals surface area contributed by atoms with Gasteiger partial charge in [-0.15, -0.1) is 5.10 Å². The van der Waals surface area contributed by atoms with Gasteiger partial charge in [-0.3, -0.25) is 5.32 Å². The van der Waals surface area contributed by atoms with E-state index >= 15 is 0 Å². The minimum Gasteiger partial charge on any atom is -0.493 e. The molecular weight excluding hydrogens is 407 g/mol. The molecule has 2 aromatic carbocycles. The second-order valence-corrected chi connectivity index (χ2v) is 7.63. The highest BCUT2D eigenvalue weighted by molar-refractivity contribution is 5.88. The van der Waals surface area contributed by atoms with Crippen LogP contribution in [0.4, 0.5) is 15.0 Å². The molecule has 3 aromatic rings. The molecule has 0 saturated carbocycles. The summed E-state index contributed by atoms with van der Waals surface area (Å²) in [5, 5.41) is 10.4. The second kappa shape index (κ2) is 10.5. The smallest absolute Gasteiger partial charge is 0.323 e. The van der Waals surface area contributed by atoms with E-state index in [1.54, 1.807) is 35.4 Å². The monoisotopic (exact) mass is 432 g/mol.